The number of fused-ring (bicyclic) bond motifs is 1. The van der Waals surface area contributed by atoms with Crippen molar-refractivity contribution in [2.45, 2.75) is 32.6 Å². The fraction of sp³-hybridized carbons (Fsp3) is 0.172. The summed E-state index contributed by atoms with van der Waals surface area (Å²) in [7, 11) is 0. The van der Waals surface area contributed by atoms with Crippen molar-refractivity contribution in [3.05, 3.63) is 106 Å². The third kappa shape index (κ3) is 5.62. The first-order valence-corrected chi connectivity index (χ1v) is 12.6. The highest BCUT2D eigenvalue weighted by atomic mass is 35.5. The molecule has 2 heterocycles. The van der Waals surface area contributed by atoms with Gasteiger partial charge in [-0.05, 0) is 55.3 Å². The first-order valence-electron chi connectivity index (χ1n) is 12.3. The van der Waals surface area contributed by atoms with Crippen molar-refractivity contribution in [2.75, 3.05) is 5.32 Å². The minimum absolute atomic E-state index is 0.133. The van der Waals surface area contributed by atoms with Gasteiger partial charge < -0.3 is 15.0 Å². The Hall–Kier alpha value is -4.44. The van der Waals surface area contributed by atoms with Crippen molar-refractivity contribution in [1.29, 1.82) is 0 Å². The molecule has 0 saturated carbocycles. The van der Waals surface area contributed by atoms with Crippen molar-refractivity contribution < 1.29 is 23.1 Å². The van der Waals surface area contributed by atoms with Gasteiger partial charge in [0, 0.05) is 17.1 Å². The number of nitrogens with one attached hydrogen (secondary N) is 1. The number of halogens is 4. The van der Waals surface area contributed by atoms with Crippen LogP contribution in [0.25, 0.3) is 22.6 Å². The lowest BCUT2D eigenvalue weighted by molar-refractivity contribution is -0.137. The Morgan fingerprint density at radius 3 is 2.40 bits per heavy atom. The van der Waals surface area contributed by atoms with Gasteiger partial charge in [0.2, 0.25) is 5.82 Å². The van der Waals surface area contributed by atoms with E-state index in [1.807, 2.05) is 44.2 Å². The Balaban J connectivity index is 1.70. The quantitative estimate of drug-likeness (QED) is 0.214. The molecule has 0 bridgehead atoms. The number of nitrogens with zero attached hydrogens (tertiary/aromatic N) is 4. The fourth-order valence-electron chi connectivity index (χ4n) is 4.44. The van der Waals surface area contributed by atoms with Crippen LogP contribution >= 0.6 is 11.6 Å². The van der Waals surface area contributed by atoms with E-state index in [9.17, 15) is 23.1 Å². The van der Waals surface area contributed by atoms with Crippen molar-refractivity contribution in [1.82, 2.24) is 19.5 Å². The van der Waals surface area contributed by atoms with E-state index in [4.69, 9.17) is 11.6 Å². The average Bonchev–Trinajstić information content (AvgIpc) is 3.27. The monoisotopic (exact) mass is 565 g/mol. The topological polar surface area (TPSA) is 92.9 Å². The van der Waals surface area contributed by atoms with Gasteiger partial charge in [-0.3, -0.25) is 0 Å². The zero-order valence-corrected chi connectivity index (χ0v) is 22.1. The normalized spacial score (nSPS) is 12.4. The van der Waals surface area contributed by atoms with Crippen LogP contribution in [0.5, 0.6) is 0 Å². The first kappa shape index (κ1) is 27.1. The highest BCUT2D eigenvalue weighted by Gasteiger charge is 2.30. The van der Waals surface area contributed by atoms with Gasteiger partial charge in [0.05, 0.1) is 11.6 Å². The van der Waals surface area contributed by atoms with Crippen LogP contribution in [0.2, 0.25) is 5.02 Å². The zero-order valence-electron chi connectivity index (χ0n) is 21.4. The largest absolute Gasteiger partial charge is 0.475 e. The second-order valence-corrected chi connectivity index (χ2v) is 9.82. The zero-order chi connectivity index (χ0) is 28.6. The molecule has 40 heavy (non-hydrogen) atoms. The number of imidazole rings is 1. The molecule has 1 atom stereocenters. The lowest BCUT2D eigenvalue weighted by atomic mass is 10.1. The summed E-state index contributed by atoms with van der Waals surface area (Å²) in [5, 5.41) is 13.5. The van der Waals surface area contributed by atoms with Gasteiger partial charge in [0.25, 0.3) is 0 Å². The summed E-state index contributed by atoms with van der Waals surface area (Å²) in [4.78, 5) is 25.1. The molecule has 0 aliphatic rings. The molecular weight excluding hydrogens is 543 g/mol. The van der Waals surface area contributed by atoms with Crippen molar-refractivity contribution in [3.8, 4) is 11.4 Å². The van der Waals surface area contributed by atoms with Crippen LogP contribution in [0, 0.1) is 6.92 Å². The van der Waals surface area contributed by atoms with Crippen LogP contribution in [0.1, 0.15) is 45.8 Å². The molecule has 3 aromatic carbocycles. The van der Waals surface area contributed by atoms with E-state index in [0.29, 0.717) is 21.9 Å². The molecule has 0 spiro atoms. The summed E-state index contributed by atoms with van der Waals surface area (Å²) in [5.41, 5.74) is 2.91. The number of carbonyl (C=O) groups is 1. The van der Waals surface area contributed by atoms with E-state index < -0.39 is 23.5 Å². The summed E-state index contributed by atoms with van der Waals surface area (Å²) in [6.45, 7) is 3.93. The predicted molar refractivity (Wildman–Crippen MR) is 146 cm³/mol. The van der Waals surface area contributed by atoms with E-state index in [-0.39, 0.29) is 24.1 Å². The summed E-state index contributed by atoms with van der Waals surface area (Å²) in [6.07, 6.45) is -4.46. The third-order valence-corrected chi connectivity index (χ3v) is 6.63. The number of hydrogen-bond acceptors (Lipinski definition) is 5. The number of aryl methyl sites for hydroxylation is 1. The van der Waals surface area contributed by atoms with E-state index >= 15 is 0 Å². The molecule has 0 unspecified atom stereocenters. The Morgan fingerprint density at radius 1 is 1.02 bits per heavy atom. The van der Waals surface area contributed by atoms with Crippen molar-refractivity contribution >= 4 is 34.6 Å². The molecule has 204 valence electrons. The summed E-state index contributed by atoms with van der Waals surface area (Å²) in [5.74, 6) is -1.08. The number of aromatic nitrogens is 4. The van der Waals surface area contributed by atoms with Gasteiger partial charge in [-0.2, -0.15) is 13.2 Å². The number of rotatable bonds is 7. The van der Waals surface area contributed by atoms with Gasteiger partial charge >= 0.3 is 12.1 Å². The lowest BCUT2D eigenvalue weighted by Crippen LogP contribution is -2.14. The summed E-state index contributed by atoms with van der Waals surface area (Å²) in [6, 6.07) is 19.3. The molecule has 0 saturated heterocycles. The highest BCUT2D eigenvalue weighted by molar-refractivity contribution is 6.30. The van der Waals surface area contributed by atoms with Crippen molar-refractivity contribution in [2.24, 2.45) is 0 Å². The molecular formula is C29H23ClF3N5O2. The number of benzene rings is 3. The average molecular weight is 566 g/mol. The van der Waals surface area contributed by atoms with Crippen LogP contribution in [-0.2, 0) is 12.7 Å². The van der Waals surface area contributed by atoms with Gasteiger partial charge in [0.15, 0.2) is 11.5 Å². The molecule has 0 fully saturated rings. The standard InChI is InChI=1S/C29H23ClF3N5O2/c1-16-5-3-7-20(13-16)27-37-25-23(38(27)15-18-9-11-21(12-10-18)29(31,32)33)24(35-26(36-25)28(39)40)34-17(2)19-6-4-8-22(30)14-19/h3-14,17H,15H2,1-2H3,(H,39,40)(H,34,35,36)/t17-/m0/s1. The number of hydrogen-bond donors (Lipinski definition) is 2. The SMILES string of the molecule is Cc1cccc(-c2nc3nc(C(=O)O)nc(N[C@@H](C)c4cccc(Cl)c4)c3n2Cc2ccc(C(F)(F)F)cc2)c1. The minimum Gasteiger partial charge on any atom is -0.475 e. The highest BCUT2D eigenvalue weighted by Crippen LogP contribution is 2.33. The molecule has 0 aliphatic carbocycles. The van der Waals surface area contributed by atoms with Crippen LogP contribution < -0.4 is 5.32 Å². The summed E-state index contributed by atoms with van der Waals surface area (Å²) >= 11 is 6.18. The molecule has 2 aromatic heterocycles. The summed E-state index contributed by atoms with van der Waals surface area (Å²) < 4.78 is 41.3. The molecule has 5 aromatic rings. The maximum atomic E-state index is 13.2. The van der Waals surface area contributed by atoms with E-state index in [1.54, 1.807) is 22.8 Å². The van der Waals surface area contributed by atoms with Gasteiger partial charge in [0.1, 0.15) is 11.3 Å². The number of alkyl halides is 3. The fourth-order valence-corrected chi connectivity index (χ4v) is 4.64. The number of carboxylic acid groups (broad SMARTS) is 1. The predicted octanol–water partition coefficient (Wildman–Crippen LogP) is 7.39. The maximum absolute atomic E-state index is 13.2. The maximum Gasteiger partial charge on any atom is 0.416 e. The lowest BCUT2D eigenvalue weighted by Gasteiger charge is -2.18. The molecule has 0 amide bonds. The van der Waals surface area contributed by atoms with Crippen LogP contribution in [0.15, 0.2) is 72.8 Å². The Morgan fingerprint density at radius 2 is 1.75 bits per heavy atom. The number of anilines is 1. The molecule has 5 rings (SSSR count). The minimum atomic E-state index is -4.46. The van der Waals surface area contributed by atoms with Gasteiger partial charge in [-0.15, -0.1) is 0 Å². The second-order valence-electron chi connectivity index (χ2n) is 9.38. The second kappa shape index (κ2) is 10.6. The number of carboxylic acids is 1. The third-order valence-electron chi connectivity index (χ3n) is 6.39. The smallest absolute Gasteiger partial charge is 0.416 e. The van der Waals surface area contributed by atoms with E-state index in [1.165, 1.54) is 12.1 Å². The van der Waals surface area contributed by atoms with Gasteiger partial charge in [-0.1, -0.05) is 59.6 Å². The van der Waals surface area contributed by atoms with E-state index in [0.717, 1.165) is 28.8 Å². The molecule has 0 aliphatic heterocycles. The Kier molecular flexibility index (Phi) is 7.20. The van der Waals surface area contributed by atoms with E-state index in [2.05, 4.69) is 20.3 Å². The molecule has 0 radical (unpaired) electrons. The van der Waals surface area contributed by atoms with Crippen LogP contribution in [-0.4, -0.2) is 30.6 Å². The van der Waals surface area contributed by atoms with Crippen LogP contribution in [0.4, 0.5) is 19.0 Å². The molecule has 11 heteroatoms. The van der Waals surface area contributed by atoms with Crippen molar-refractivity contribution in [3.63, 3.8) is 0 Å². The Bertz CT molecular complexity index is 1720. The Labute approximate surface area is 232 Å². The molecule has 2 N–H and O–H groups in total. The number of aromatic carboxylic acids is 1. The molecule has 7 nitrogen and oxygen atoms in total. The van der Waals surface area contributed by atoms with Gasteiger partial charge in [-0.25, -0.2) is 19.7 Å². The first-order chi connectivity index (χ1) is 19.0. The van der Waals surface area contributed by atoms with Crippen LogP contribution in [0.3, 0.4) is 0 Å².